The molecule has 0 atom stereocenters. The van der Waals surface area contributed by atoms with Crippen molar-refractivity contribution in [3.63, 3.8) is 0 Å². The van der Waals surface area contributed by atoms with Crippen LogP contribution < -0.4 is 10.0 Å². The van der Waals surface area contributed by atoms with Crippen molar-refractivity contribution in [2.75, 3.05) is 20.1 Å². The van der Waals surface area contributed by atoms with Gasteiger partial charge in [0.2, 0.25) is 10.0 Å². The standard InChI is InChI=1S/C20H22FN3O4S/c1-22-29(27,28)18-4-2-3-15(13-18)20(26)24-11-9-17(10-12-24)23-19(25)14-5-7-16(21)8-6-14/h2-8,13,17,22H,9-12H2,1H3,(H,23,25). The molecular weight excluding hydrogens is 397 g/mol. The minimum atomic E-state index is -3.63. The summed E-state index contributed by atoms with van der Waals surface area (Å²) >= 11 is 0. The number of piperidine rings is 1. The maximum atomic E-state index is 13.0. The summed E-state index contributed by atoms with van der Waals surface area (Å²) in [5, 5.41) is 2.90. The highest BCUT2D eigenvalue weighted by Crippen LogP contribution is 2.17. The average molecular weight is 419 g/mol. The van der Waals surface area contributed by atoms with Gasteiger partial charge in [-0.3, -0.25) is 9.59 Å². The first-order valence-electron chi connectivity index (χ1n) is 9.19. The highest BCUT2D eigenvalue weighted by Gasteiger charge is 2.25. The third kappa shape index (κ3) is 4.99. The van der Waals surface area contributed by atoms with Crippen molar-refractivity contribution >= 4 is 21.8 Å². The molecule has 2 N–H and O–H groups in total. The lowest BCUT2D eigenvalue weighted by atomic mass is 10.0. The normalized spacial score (nSPS) is 15.2. The summed E-state index contributed by atoms with van der Waals surface area (Å²) in [6.45, 7) is 0.881. The smallest absolute Gasteiger partial charge is 0.253 e. The maximum absolute atomic E-state index is 13.0. The molecule has 0 unspecified atom stereocenters. The van der Waals surface area contributed by atoms with Gasteiger partial charge in [0.1, 0.15) is 5.82 Å². The molecule has 3 rings (SSSR count). The first-order valence-corrected chi connectivity index (χ1v) is 10.7. The van der Waals surface area contributed by atoms with Crippen molar-refractivity contribution in [1.82, 2.24) is 14.9 Å². The molecule has 2 aromatic carbocycles. The molecular formula is C20H22FN3O4S. The van der Waals surface area contributed by atoms with E-state index in [-0.39, 0.29) is 22.8 Å². The van der Waals surface area contributed by atoms with E-state index in [0.717, 1.165) is 0 Å². The second-order valence-corrected chi connectivity index (χ2v) is 8.67. The Morgan fingerprint density at radius 2 is 1.69 bits per heavy atom. The van der Waals surface area contributed by atoms with Crippen LogP contribution in [0, 0.1) is 5.82 Å². The number of nitrogens with zero attached hydrogens (tertiary/aromatic N) is 1. The van der Waals surface area contributed by atoms with Crippen LogP contribution in [0.1, 0.15) is 33.6 Å². The fourth-order valence-corrected chi connectivity index (χ4v) is 3.97. The lowest BCUT2D eigenvalue weighted by Gasteiger charge is -2.32. The number of carbonyl (C=O) groups is 2. The molecule has 0 aromatic heterocycles. The molecule has 0 aliphatic carbocycles. The Morgan fingerprint density at radius 1 is 1.03 bits per heavy atom. The summed E-state index contributed by atoms with van der Waals surface area (Å²) in [6.07, 6.45) is 1.15. The predicted molar refractivity (Wildman–Crippen MR) is 105 cm³/mol. The molecule has 2 amide bonds. The van der Waals surface area contributed by atoms with Crippen molar-refractivity contribution in [3.05, 3.63) is 65.5 Å². The van der Waals surface area contributed by atoms with Crippen LogP contribution in [0.3, 0.4) is 0 Å². The van der Waals surface area contributed by atoms with Crippen LogP contribution in [-0.4, -0.2) is 51.3 Å². The summed E-state index contributed by atoms with van der Waals surface area (Å²) in [5.74, 6) is -0.929. The highest BCUT2D eigenvalue weighted by atomic mass is 32.2. The van der Waals surface area contributed by atoms with Gasteiger partial charge in [0.05, 0.1) is 4.90 Å². The minimum absolute atomic E-state index is 0.0345. The predicted octanol–water partition coefficient (Wildman–Crippen LogP) is 1.77. The van der Waals surface area contributed by atoms with Gasteiger partial charge >= 0.3 is 0 Å². The fraction of sp³-hybridized carbons (Fsp3) is 0.300. The Bertz CT molecular complexity index is 1000. The lowest BCUT2D eigenvalue weighted by Crippen LogP contribution is -2.46. The molecule has 0 radical (unpaired) electrons. The number of rotatable bonds is 5. The molecule has 1 heterocycles. The number of hydrogen-bond donors (Lipinski definition) is 2. The van der Waals surface area contributed by atoms with Crippen LogP contribution in [0.5, 0.6) is 0 Å². The van der Waals surface area contributed by atoms with Gasteiger partial charge in [-0.2, -0.15) is 0 Å². The van der Waals surface area contributed by atoms with Crippen molar-refractivity contribution in [2.24, 2.45) is 0 Å². The van der Waals surface area contributed by atoms with Crippen LogP contribution in [0.4, 0.5) is 4.39 Å². The van der Waals surface area contributed by atoms with E-state index >= 15 is 0 Å². The number of benzene rings is 2. The van der Waals surface area contributed by atoms with E-state index in [4.69, 9.17) is 0 Å². The number of amides is 2. The molecule has 1 fully saturated rings. The number of hydrogen-bond acceptors (Lipinski definition) is 4. The molecule has 1 saturated heterocycles. The van der Waals surface area contributed by atoms with Crippen molar-refractivity contribution in [3.8, 4) is 0 Å². The second kappa shape index (κ2) is 8.71. The van der Waals surface area contributed by atoms with E-state index in [9.17, 15) is 22.4 Å². The van der Waals surface area contributed by atoms with Gasteiger partial charge in [-0.25, -0.2) is 17.5 Å². The van der Waals surface area contributed by atoms with Crippen LogP contribution >= 0.6 is 0 Å². The Kier molecular flexibility index (Phi) is 6.29. The van der Waals surface area contributed by atoms with Gasteiger partial charge < -0.3 is 10.2 Å². The van der Waals surface area contributed by atoms with Gasteiger partial charge in [0.25, 0.3) is 11.8 Å². The summed E-state index contributed by atoms with van der Waals surface area (Å²) < 4.78 is 39.1. The van der Waals surface area contributed by atoms with E-state index in [1.807, 2.05) is 0 Å². The molecule has 2 aromatic rings. The van der Waals surface area contributed by atoms with Crippen LogP contribution in [0.15, 0.2) is 53.4 Å². The number of carbonyl (C=O) groups excluding carboxylic acids is 2. The van der Waals surface area contributed by atoms with Gasteiger partial charge in [0, 0.05) is 30.3 Å². The van der Waals surface area contributed by atoms with Crippen molar-refractivity contribution in [1.29, 1.82) is 0 Å². The van der Waals surface area contributed by atoms with E-state index in [1.165, 1.54) is 49.5 Å². The van der Waals surface area contributed by atoms with Crippen LogP contribution in [0.25, 0.3) is 0 Å². The van der Waals surface area contributed by atoms with E-state index in [2.05, 4.69) is 10.0 Å². The van der Waals surface area contributed by atoms with Crippen molar-refractivity contribution in [2.45, 2.75) is 23.8 Å². The molecule has 1 aliphatic heterocycles. The second-order valence-electron chi connectivity index (χ2n) is 6.78. The van der Waals surface area contributed by atoms with Gasteiger partial charge in [0.15, 0.2) is 0 Å². The SMILES string of the molecule is CNS(=O)(=O)c1cccc(C(=O)N2CCC(NC(=O)c3ccc(F)cc3)CC2)c1. The molecule has 0 bridgehead atoms. The van der Waals surface area contributed by atoms with E-state index in [1.54, 1.807) is 11.0 Å². The molecule has 154 valence electrons. The van der Waals surface area contributed by atoms with Crippen LogP contribution in [-0.2, 0) is 10.0 Å². The number of nitrogens with one attached hydrogen (secondary N) is 2. The van der Waals surface area contributed by atoms with Crippen molar-refractivity contribution < 1.29 is 22.4 Å². The Labute approximate surface area is 169 Å². The summed E-state index contributed by atoms with van der Waals surface area (Å²) in [5.41, 5.74) is 0.683. The first-order chi connectivity index (χ1) is 13.8. The third-order valence-corrected chi connectivity index (χ3v) is 6.30. The first kappa shape index (κ1) is 20.9. The zero-order valence-electron chi connectivity index (χ0n) is 15.9. The monoisotopic (exact) mass is 419 g/mol. The zero-order chi connectivity index (χ0) is 21.0. The largest absolute Gasteiger partial charge is 0.349 e. The fourth-order valence-electron chi connectivity index (χ4n) is 3.19. The Morgan fingerprint density at radius 3 is 2.31 bits per heavy atom. The summed E-state index contributed by atoms with van der Waals surface area (Å²) in [4.78, 5) is 26.7. The van der Waals surface area contributed by atoms with Gasteiger partial charge in [-0.1, -0.05) is 6.07 Å². The molecule has 0 saturated carbocycles. The van der Waals surface area contributed by atoms with E-state index < -0.39 is 15.8 Å². The lowest BCUT2D eigenvalue weighted by molar-refractivity contribution is 0.0698. The Balaban J connectivity index is 1.59. The van der Waals surface area contributed by atoms with Gasteiger partial charge in [-0.05, 0) is 62.4 Å². The number of halogens is 1. The molecule has 1 aliphatic rings. The molecule has 7 nitrogen and oxygen atoms in total. The minimum Gasteiger partial charge on any atom is -0.349 e. The Hall–Kier alpha value is -2.78. The quantitative estimate of drug-likeness (QED) is 0.772. The summed E-state index contributed by atoms with van der Waals surface area (Å²) in [7, 11) is -2.31. The highest BCUT2D eigenvalue weighted by molar-refractivity contribution is 7.89. The summed E-state index contributed by atoms with van der Waals surface area (Å²) in [6, 6.07) is 11.1. The average Bonchev–Trinajstić information content (AvgIpc) is 2.74. The number of likely N-dealkylation sites (tertiary alicyclic amines) is 1. The zero-order valence-corrected chi connectivity index (χ0v) is 16.7. The van der Waals surface area contributed by atoms with Gasteiger partial charge in [-0.15, -0.1) is 0 Å². The van der Waals surface area contributed by atoms with Crippen LogP contribution in [0.2, 0.25) is 0 Å². The molecule has 9 heteroatoms. The molecule has 0 spiro atoms. The third-order valence-electron chi connectivity index (χ3n) is 4.88. The maximum Gasteiger partial charge on any atom is 0.253 e. The topological polar surface area (TPSA) is 95.6 Å². The molecule has 29 heavy (non-hydrogen) atoms. The van der Waals surface area contributed by atoms with E-state index in [0.29, 0.717) is 37.1 Å². The number of sulfonamides is 1.